The van der Waals surface area contributed by atoms with Gasteiger partial charge in [0.15, 0.2) is 11.6 Å². The molecule has 0 aliphatic rings. The first-order chi connectivity index (χ1) is 13.0. The fraction of sp³-hybridized carbons (Fsp3) is 0.500. The maximum absolute atomic E-state index is 6.07. The average Bonchev–Trinajstić information content (AvgIpc) is 2.64. The second kappa shape index (κ2) is 9.97. The number of nitrogen functional groups attached to an aromatic ring is 1. The summed E-state index contributed by atoms with van der Waals surface area (Å²) in [5, 5.41) is 3.09. The summed E-state index contributed by atoms with van der Waals surface area (Å²) in [6.07, 6.45) is 2.58. The van der Waals surface area contributed by atoms with Crippen molar-refractivity contribution >= 4 is 11.8 Å². The molecule has 0 bridgehead atoms. The quantitative estimate of drug-likeness (QED) is 0.604. The Balaban J connectivity index is 2.13. The Labute approximate surface area is 161 Å². The van der Waals surface area contributed by atoms with Crippen molar-refractivity contribution in [1.29, 1.82) is 0 Å². The molecule has 27 heavy (non-hydrogen) atoms. The number of nitrogens with one attached hydrogen (secondary N) is 1. The van der Waals surface area contributed by atoms with E-state index in [4.69, 9.17) is 19.9 Å². The number of nitrogens with zero attached hydrogens (tertiary/aromatic N) is 2. The molecule has 0 fully saturated rings. The van der Waals surface area contributed by atoms with Gasteiger partial charge in [-0.25, -0.2) is 4.98 Å². The fourth-order valence-corrected chi connectivity index (χ4v) is 2.60. The van der Waals surface area contributed by atoms with E-state index in [9.17, 15) is 0 Å². The summed E-state index contributed by atoms with van der Waals surface area (Å²) in [4.78, 5) is 8.54. The summed E-state index contributed by atoms with van der Waals surface area (Å²) < 4.78 is 16.9. The number of methoxy groups -OCH3 is 1. The molecule has 0 aliphatic carbocycles. The van der Waals surface area contributed by atoms with Gasteiger partial charge in [-0.2, -0.15) is 4.98 Å². The molecule has 1 aromatic carbocycles. The van der Waals surface area contributed by atoms with E-state index < -0.39 is 0 Å². The molecule has 2 rings (SSSR count). The van der Waals surface area contributed by atoms with Crippen LogP contribution in [0.1, 0.15) is 44.2 Å². The predicted octanol–water partition coefficient (Wildman–Crippen LogP) is 4.13. The van der Waals surface area contributed by atoms with Crippen LogP contribution in [0.15, 0.2) is 18.3 Å². The van der Waals surface area contributed by atoms with E-state index in [2.05, 4.69) is 42.1 Å². The van der Waals surface area contributed by atoms with Crippen LogP contribution in [0.3, 0.4) is 0 Å². The smallest absolute Gasteiger partial charge is 0.224 e. The minimum absolute atomic E-state index is 0.274. The topological polar surface area (TPSA) is 91.5 Å². The highest BCUT2D eigenvalue weighted by Gasteiger charge is 2.15. The molecule has 7 nitrogen and oxygen atoms in total. The molecule has 0 amide bonds. The minimum atomic E-state index is 0.274. The molecule has 0 unspecified atom stereocenters. The molecule has 0 atom stereocenters. The Morgan fingerprint density at radius 1 is 1.15 bits per heavy atom. The van der Waals surface area contributed by atoms with Crippen molar-refractivity contribution < 1.29 is 14.2 Å². The van der Waals surface area contributed by atoms with Gasteiger partial charge in [-0.3, -0.25) is 0 Å². The lowest BCUT2D eigenvalue weighted by atomic mass is 9.99. The molecule has 0 saturated carbocycles. The van der Waals surface area contributed by atoms with Crippen LogP contribution in [0.4, 0.5) is 11.8 Å². The van der Waals surface area contributed by atoms with Crippen LogP contribution in [0.2, 0.25) is 0 Å². The second-order valence-electron chi connectivity index (χ2n) is 6.60. The first kappa shape index (κ1) is 20.8. The Hall–Kier alpha value is -2.54. The van der Waals surface area contributed by atoms with Crippen molar-refractivity contribution in [1.82, 2.24) is 9.97 Å². The van der Waals surface area contributed by atoms with Crippen molar-refractivity contribution in [3.05, 3.63) is 29.5 Å². The van der Waals surface area contributed by atoms with E-state index in [0.29, 0.717) is 30.6 Å². The fourth-order valence-electron chi connectivity index (χ4n) is 2.60. The summed E-state index contributed by atoms with van der Waals surface area (Å²) >= 11 is 0. The van der Waals surface area contributed by atoms with Crippen molar-refractivity contribution in [2.45, 2.75) is 40.0 Å². The number of aryl methyl sites for hydroxylation is 1. The maximum Gasteiger partial charge on any atom is 0.224 e. The van der Waals surface area contributed by atoms with Crippen molar-refractivity contribution in [2.75, 3.05) is 37.9 Å². The lowest BCUT2D eigenvalue weighted by Gasteiger charge is -2.17. The standard InChI is InChI=1S/C20H30N4O3/c1-6-8-26-9-7-22-20-23-12-18(19(21)24-20)27-17-11-16(25-5)14(4)10-15(17)13(2)3/h10-13H,6-9H2,1-5H3,(H3,21,22,23,24). The Morgan fingerprint density at radius 3 is 2.56 bits per heavy atom. The predicted molar refractivity (Wildman–Crippen MR) is 108 cm³/mol. The van der Waals surface area contributed by atoms with Gasteiger partial charge >= 0.3 is 0 Å². The van der Waals surface area contributed by atoms with Crippen LogP contribution < -0.4 is 20.5 Å². The van der Waals surface area contributed by atoms with Gasteiger partial charge in [0, 0.05) is 19.2 Å². The third-order valence-electron chi connectivity index (χ3n) is 4.03. The largest absolute Gasteiger partial charge is 0.496 e. The van der Waals surface area contributed by atoms with Gasteiger partial charge in [-0.15, -0.1) is 0 Å². The number of ether oxygens (including phenoxy) is 3. The van der Waals surface area contributed by atoms with Crippen molar-refractivity contribution in [3.63, 3.8) is 0 Å². The molecule has 2 aromatic rings. The number of anilines is 2. The lowest BCUT2D eigenvalue weighted by molar-refractivity contribution is 0.144. The van der Waals surface area contributed by atoms with Gasteiger partial charge in [0.25, 0.3) is 0 Å². The first-order valence-corrected chi connectivity index (χ1v) is 9.26. The number of rotatable bonds is 10. The van der Waals surface area contributed by atoms with E-state index >= 15 is 0 Å². The number of hydrogen-bond donors (Lipinski definition) is 2. The maximum atomic E-state index is 6.07. The summed E-state index contributed by atoms with van der Waals surface area (Å²) in [6.45, 7) is 10.3. The monoisotopic (exact) mass is 374 g/mol. The number of benzene rings is 1. The van der Waals surface area contributed by atoms with Crippen molar-refractivity contribution in [2.24, 2.45) is 0 Å². The molecule has 148 valence electrons. The molecule has 3 N–H and O–H groups in total. The third-order valence-corrected chi connectivity index (χ3v) is 4.03. The lowest BCUT2D eigenvalue weighted by Crippen LogP contribution is -2.12. The highest BCUT2D eigenvalue weighted by atomic mass is 16.5. The van der Waals surface area contributed by atoms with Crippen LogP contribution in [0.25, 0.3) is 0 Å². The zero-order valence-corrected chi connectivity index (χ0v) is 16.8. The summed E-state index contributed by atoms with van der Waals surface area (Å²) in [5.74, 6) is 2.88. The zero-order chi connectivity index (χ0) is 19.8. The Morgan fingerprint density at radius 2 is 1.93 bits per heavy atom. The van der Waals surface area contributed by atoms with Gasteiger partial charge in [-0.1, -0.05) is 20.8 Å². The molecular weight excluding hydrogens is 344 g/mol. The molecule has 1 aromatic heterocycles. The molecule has 1 heterocycles. The summed E-state index contributed by atoms with van der Waals surface area (Å²) in [7, 11) is 1.64. The molecule has 0 saturated heterocycles. The Kier molecular flexibility index (Phi) is 7.67. The van der Waals surface area contributed by atoms with Crippen LogP contribution in [0.5, 0.6) is 17.2 Å². The molecule has 0 spiro atoms. The summed E-state index contributed by atoms with van der Waals surface area (Å²) in [5.41, 5.74) is 8.20. The van der Waals surface area contributed by atoms with E-state index in [-0.39, 0.29) is 11.7 Å². The number of hydrogen-bond acceptors (Lipinski definition) is 7. The van der Waals surface area contributed by atoms with Gasteiger partial charge in [0.1, 0.15) is 11.5 Å². The van der Waals surface area contributed by atoms with Crippen LogP contribution in [-0.2, 0) is 4.74 Å². The zero-order valence-electron chi connectivity index (χ0n) is 16.8. The van der Waals surface area contributed by atoms with E-state index in [0.717, 1.165) is 29.9 Å². The third kappa shape index (κ3) is 5.72. The number of nitrogens with two attached hydrogens (primary N) is 1. The average molecular weight is 374 g/mol. The first-order valence-electron chi connectivity index (χ1n) is 9.26. The molecule has 7 heteroatoms. The second-order valence-corrected chi connectivity index (χ2v) is 6.60. The van der Waals surface area contributed by atoms with Crippen LogP contribution in [-0.4, -0.2) is 36.8 Å². The van der Waals surface area contributed by atoms with Crippen LogP contribution in [0, 0.1) is 6.92 Å². The summed E-state index contributed by atoms with van der Waals surface area (Å²) in [6, 6.07) is 3.95. The molecule has 0 radical (unpaired) electrons. The Bertz CT molecular complexity index is 750. The number of aromatic nitrogens is 2. The van der Waals surface area contributed by atoms with E-state index in [1.165, 1.54) is 0 Å². The van der Waals surface area contributed by atoms with Gasteiger partial charge in [0.2, 0.25) is 5.95 Å². The normalized spacial score (nSPS) is 10.9. The van der Waals surface area contributed by atoms with Gasteiger partial charge in [-0.05, 0) is 36.5 Å². The highest BCUT2D eigenvalue weighted by Crippen LogP contribution is 2.37. The van der Waals surface area contributed by atoms with E-state index in [1.807, 2.05) is 13.0 Å². The van der Waals surface area contributed by atoms with E-state index in [1.54, 1.807) is 13.3 Å². The van der Waals surface area contributed by atoms with Gasteiger partial charge in [0.05, 0.1) is 19.9 Å². The van der Waals surface area contributed by atoms with Crippen LogP contribution >= 0.6 is 0 Å². The molecular formula is C20H30N4O3. The van der Waals surface area contributed by atoms with Crippen molar-refractivity contribution in [3.8, 4) is 17.2 Å². The highest BCUT2D eigenvalue weighted by molar-refractivity contribution is 5.53. The minimum Gasteiger partial charge on any atom is -0.496 e. The SMILES string of the molecule is CCCOCCNc1ncc(Oc2cc(OC)c(C)cc2C(C)C)c(N)n1. The molecule has 0 aliphatic heterocycles. The van der Waals surface area contributed by atoms with Gasteiger partial charge < -0.3 is 25.3 Å².